The average molecular weight is 411 g/mol. The molecule has 6 nitrogen and oxygen atoms in total. The maximum Gasteiger partial charge on any atom is 0.248 e. The van der Waals surface area contributed by atoms with Gasteiger partial charge in [0, 0.05) is 11.4 Å². The first-order valence-corrected chi connectivity index (χ1v) is 9.68. The minimum Gasteiger partial charge on any atom is -0.326 e. The lowest BCUT2D eigenvalue weighted by Crippen LogP contribution is -2.25. The fraction of sp³-hybridized carbons (Fsp3) is 0.227. The van der Waals surface area contributed by atoms with Gasteiger partial charge in [-0.3, -0.25) is 14.3 Å². The highest BCUT2D eigenvalue weighted by Gasteiger charge is 2.19. The normalized spacial score (nSPS) is 11.7. The number of halogens is 1. The van der Waals surface area contributed by atoms with Gasteiger partial charge in [-0.05, 0) is 50.6 Å². The summed E-state index contributed by atoms with van der Waals surface area (Å²) in [7, 11) is 0. The monoisotopic (exact) mass is 410 g/mol. The molecule has 7 heteroatoms. The van der Waals surface area contributed by atoms with Gasteiger partial charge in [0.05, 0.1) is 22.8 Å². The number of carbonyl (C=O) groups is 2. The third kappa shape index (κ3) is 5.23. The van der Waals surface area contributed by atoms with Crippen molar-refractivity contribution in [1.29, 1.82) is 0 Å². The number of hydrogen-bond acceptors (Lipinski definition) is 3. The van der Waals surface area contributed by atoms with E-state index in [0.717, 1.165) is 17.0 Å². The van der Waals surface area contributed by atoms with Gasteiger partial charge < -0.3 is 10.6 Å². The van der Waals surface area contributed by atoms with Crippen LogP contribution in [0, 0.1) is 13.8 Å². The Labute approximate surface area is 174 Å². The molecule has 3 aromatic rings. The molecule has 1 unspecified atom stereocenters. The molecule has 0 saturated carbocycles. The quantitative estimate of drug-likeness (QED) is 0.626. The fourth-order valence-corrected chi connectivity index (χ4v) is 3.29. The Balaban J connectivity index is 1.64. The summed E-state index contributed by atoms with van der Waals surface area (Å²) in [5, 5.41) is 10.3. The largest absolute Gasteiger partial charge is 0.326 e. The fourth-order valence-electron chi connectivity index (χ4n) is 3.07. The van der Waals surface area contributed by atoms with Crippen molar-refractivity contribution in [2.75, 3.05) is 10.6 Å². The molecule has 29 heavy (non-hydrogen) atoms. The second-order valence-corrected chi connectivity index (χ2v) is 7.35. The predicted molar refractivity (Wildman–Crippen MR) is 115 cm³/mol. The molecule has 0 aliphatic carbocycles. The van der Waals surface area contributed by atoms with Crippen molar-refractivity contribution in [3.63, 3.8) is 0 Å². The van der Waals surface area contributed by atoms with Gasteiger partial charge in [0.1, 0.15) is 6.04 Å². The van der Waals surface area contributed by atoms with Crippen LogP contribution in [-0.4, -0.2) is 21.6 Å². The molecule has 2 aromatic carbocycles. The van der Waals surface area contributed by atoms with E-state index in [1.54, 1.807) is 29.8 Å². The summed E-state index contributed by atoms with van der Waals surface area (Å²) in [6.45, 7) is 5.57. The molecule has 1 heterocycles. The first kappa shape index (κ1) is 20.6. The summed E-state index contributed by atoms with van der Waals surface area (Å²) in [5.41, 5.74) is 3.74. The van der Waals surface area contributed by atoms with Gasteiger partial charge in [-0.1, -0.05) is 41.9 Å². The Bertz CT molecular complexity index is 1030. The van der Waals surface area contributed by atoms with Gasteiger partial charge >= 0.3 is 0 Å². The van der Waals surface area contributed by atoms with Crippen LogP contribution in [0.3, 0.4) is 0 Å². The molecule has 1 aromatic heterocycles. The van der Waals surface area contributed by atoms with Crippen molar-refractivity contribution in [3.05, 3.63) is 76.6 Å². The van der Waals surface area contributed by atoms with Gasteiger partial charge in [-0.2, -0.15) is 5.10 Å². The first-order valence-electron chi connectivity index (χ1n) is 9.30. The number of aryl methyl sites for hydroxylation is 2. The van der Waals surface area contributed by atoms with E-state index >= 15 is 0 Å². The van der Waals surface area contributed by atoms with Gasteiger partial charge in [-0.25, -0.2) is 0 Å². The first-order chi connectivity index (χ1) is 13.8. The van der Waals surface area contributed by atoms with Crippen LogP contribution in [0.25, 0.3) is 0 Å². The second kappa shape index (κ2) is 8.92. The summed E-state index contributed by atoms with van der Waals surface area (Å²) in [6, 6.07) is 15.9. The number of rotatable bonds is 6. The smallest absolute Gasteiger partial charge is 0.248 e. The number of carbonyl (C=O) groups excluding carboxylic acids is 2. The topological polar surface area (TPSA) is 76.0 Å². The molecule has 1 atom stereocenters. The van der Waals surface area contributed by atoms with Crippen LogP contribution in [-0.2, 0) is 16.0 Å². The minimum absolute atomic E-state index is 0.137. The molecule has 0 saturated heterocycles. The van der Waals surface area contributed by atoms with E-state index < -0.39 is 6.04 Å². The summed E-state index contributed by atoms with van der Waals surface area (Å²) in [4.78, 5) is 24.8. The van der Waals surface area contributed by atoms with Crippen molar-refractivity contribution in [2.24, 2.45) is 0 Å². The maximum atomic E-state index is 12.6. The second-order valence-electron chi connectivity index (χ2n) is 6.94. The van der Waals surface area contributed by atoms with E-state index in [2.05, 4.69) is 15.7 Å². The predicted octanol–water partition coefficient (Wildman–Crippen LogP) is 4.53. The lowest BCUT2D eigenvalue weighted by molar-refractivity contribution is -0.119. The molecule has 2 amide bonds. The average Bonchev–Trinajstić information content (AvgIpc) is 3.02. The van der Waals surface area contributed by atoms with E-state index in [4.69, 9.17) is 11.6 Å². The van der Waals surface area contributed by atoms with Crippen LogP contribution >= 0.6 is 11.6 Å². The van der Waals surface area contributed by atoms with E-state index in [0.29, 0.717) is 16.4 Å². The molecular weight excluding hydrogens is 388 g/mol. The molecule has 0 spiro atoms. The zero-order valence-corrected chi connectivity index (χ0v) is 17.3. The summed E-state index contributed by atoms with van der Waals surface area (Å²) < 4.78 is 1.68. The van der Waals surface area contributed by atoms with E-state index in [1.807, 2.05) is 50.2 Å². The highest BCUT2D eigenvalue weighted by Crippen LogP contribution is 2.26. The van der Waals surface area contributed by atoms with Crippen molar-refractivity contribution < 1.29 is 9.59 Å². The Hall–Kier alpha value is -3.12. The van der Waals surface area contributed by atoms with E-state index in [1.165, 1.54) is 0 Å². The molecule has 150 valence electrons. The summed E-state index contributed by atoms with van der Waals surface area (Å²) in [5.74, 6) is -0.360. The van der Waals surface area contributed by atoms with E-state index in [-0.39, 0.29) is 18.2 Å². The van der Waals surface area contributed by atoms with Crippen LogP contribution in [0.5, 0.6) is 0 Å². The SMILES string of the molecule is Cc1cc(C)n(C(C)C(=O)Nc2ccc(NC(=O)Cc3ccccc3)cc2Cl)n1. The van der Waals surface area contributed by atoms with Crippen LogP contribution in [0.4, 0.5) is 11.4 Å². The van der Waals surface area contributed by atoms with Gasteiger partial charge in [0.25, 0.3) is 0 Å². The number of hydrogen-bond donors (Lipinski definition) is 2. The lowest BCUT2D eigenvalue weighted by atomic mass is 10.1. The minimum atomic E-state index is -0.481. The molecule has 0 fully saturated rings. The molecule has 0 aliphatic rings. The standard InChI is InChI=1S/C22H23ClN4O2/c1-14-11-15(2)27(26-14)16(3)22(29)25-20-10-9-18(13-19(20)23)24-21(28)12-17-7-5-4-6-8-17/h4-11,13,16H,12H2,1-3H3,(H,24,28)(H,25,29). The Morgan fingerprint density at radius 2 is 1.79 bits per heavy atom. The third-order valence-corrected chi connectivity index (χ3v) is 4.82. The molecule has 0 radical (unpaired) electrons. The number of nitrogens with zero attached hydrogens (tertiary/aromatic N) is 2. The molecule has 3 rings (SSSR count). The highest BCUT2D eigenvalue weighted by atomic mass is 35.5. The van der Waals surface area contributed by atoms with Gasteiger partial charge in [-0.15, -0.1) is 0 Å². The lowest BCUT2D eigenvalue weighted by Gasteiger charge is -2.16. The Kier molecular flexibility index (Phi) is 6.34. The van der Waals surface area contributed by atoms with Crippen molar-refractivity contribution in [1.82, 2.24) is 9.78 Å². The molecule has 0 aliphatic heterocycles. The Morgan fingerprint density at radius 3 is 2.41 bits per heavy atom. The van der Waals surface area contributed by atoms with Crippen LogP contribution in [0.2, 0.25) is 5.02 Å². The van der Waals surface area contributed by atoms with Crippen molar-refractivity contribution >= 4 is 34.8 Å². The zero-order valence-electron chi connectivity index (χ0n) is 16.6. The number of nitrogens with one attached hydrogen (secondary N) is 2. The van der Waals surface area contributed by atoms with Gasteiger partial charge in [0.15, 0.2) is 0 Å². The maximum absolute atomic E-state index is 12.6. The Morgan fingerprint density at radius 1 is 1.07 bits per heavy atom. The zero-order chi connectivity index (χ0) is 21.0. The van der Waals surface area contributed by atoms with Crippen molar-refractivity contribution in [2.45, 2.75) is 33.2 Å². The third-order valence-electron chi connectivity index (χ3n) is 4.51. The molecular formula is C22H23ClN4O2. The number of anilines is 2. The van der Waals surface area contributed by atoms with E-state index in [9.17, 15) is 9.59 Å². The number of amides is 2. The number of aromatic nitrogens is 2. The summed E-state index contributed by atoms with van der Waals surface area (Å²) in [6.07, 6.45) is 0.275. The molecule has 2 N–H and O–H groups in total. The number of benzene rings is 2. The van der Waals surface area contributed by atoms with Crippen LogP contribution < -0.4 is 10.6 Å². The highest BCUT2D eigenvalue weighted by molar-refractivity contribution is 6.34. The van der Waals surface area contributed by atoms with Gasteiger partial charge in [0.2, 0.25) is 11.8 Å². The van der Waals surface area contributed by atoms with Crippen molar-refractivity contribution in [3.8, 4) is 0 Å². The molecule has 0 bridgehead atoms. The summed E-state index contributed by atoms with van der Waals surface area (Å²) >= 11 is 6.31. The van der Waals surface area contributed by atoms with Crippen LogP contribution in [0.15, 0.2) is 54.6 Å². The van der Waals surface area contributed by atoms with Crippen LogP contribution in [0.1, 0.15) is 29.9 Å².